The molecule has 0 aliphatic carbocycles. The first-order valence-electron chi connectivity index (χ1n) is 9.78. The van der Waals surface area contributed by atoms with Gasteiger partial charge in [0.2, 0.25) is 0 Å². The molecule has 0 saturated carbocycles. The second kappa shape index (κ2) is 10.5. The molecule has 4 rings (SSSR count). The number of methoxy groups -OCH3 is 1. The van der Waals surface area contributed by atoms with E-state index >= 15 is 0 Å². The number of benzene rings is 2. The lowest BCUT2D eigenvalue weighted by Crippen LogP contribution is -2.26. The summed E-state index contributed by atoms with van der Waals surface area (Å²) < 4.78 is 18.5. The van der Waals surface area contributed by atoms with Crippen LogP contribution in [0.5, 0.6) is 11.5 Å². The minimum atomic E-state index is -0.234. The summed E-state index contributed by atoms with van der Waals surface area (Å²) in [6.45, 7) is 1.54. The van der Waals surface area contributed by atoms with Crippen molar-refractivity contribution >= 4 is 29.3 Å². The molecule has 8 heteroatoms. The Morgan fingerprint density at radius 1 is 1.06 bits per heavy atom. The number of hydrogen-bond donors (Lipinski definition) is 1. The van der Waals surface area contributed by atoms with E-state index in [-0.39, 0.29) is 18.3 Å². The Morgan fingerprint density at radius 3 is 2.61 bits per heavy atom. The van der Waals surface area contributed by atoms with Gasteiger partial charge < -0.3 is 23.8 Å². The molecule has 0 aliphatic heterocycles. The molecule has 7 nitrogen and oxygen atoms in total. The maximum atomic E-state index is 12.1. The number of nitrogens with one attached hydrogen (secondary N) is 1. The number of carbonyl (C=O) groups is 1. The Morgan fingerprint density at radius 2 is 1.84 bits per heavy atom. The summed E-state index contributed by atoms with van der Waals surface area (Å²) in [6, 6.07) is 18.9. The van der Waals surface area contributed by atoms with Crippen molar-refractivity contribution in [3.8, 4) is 11.5 Å². The zero-order valence-electron chi connectivity index (χ0n) is 17.1. The predicted octanol–water partition coefficient (Wildman–Crippen LogP) is 4.11. The zero-order valence-corrected chi connectivity index (χ0v) is 17.9. The summed E-state index contributed by atoms with van der Waals surface area (Å²) in [7, 11) is 1.63. The first-order chi connectivity index (χ1) is 14.8. The number of hydrogen-bond acceptors (Lipinski definition) is 5. The van der Waals surface area contributed by atoms with Crippen LogP contribution < -0.4 is 14.8 Å². The average molecular weight is 442 g/mol. The van der Waals surface area contributed by atoms with Crippen molar-refractivity contribution in [3.05, 3.63) is 78.5 Å². The van der Waals surface area contributed by atoms with E-state index in [2.05, 4.69) is 9.88 Å². The van der Waals surface area contributed by atoms with Crippen molar-refractivity contribution < 1.29 is 18.7 Å². The highest BCUT2D eigenvalue weighted by atomic mass is 35.5. The molecular formula is C23H24ClN3O4. The Kier molecular flexibility index (Phi) is 7.56. The van der Waals surface area contributed by atoms with Gasteiger partial charge in [-0.3, -0.25) is 4.79 Å². The fourth-order valence-electron chi connectivity index (χ4n) is 3.33. The third-order valence-electron chi connectivity index (χ3n) is 4.75. The van der Waals surface area contributed by atoms with Gasteiger partial charge in [0, 0.05) is 13.0 Å². The molecule has 31 heavy (non-hydrogen) atoms. The molecule has 2 heterocycles. The second-order valence-corrected chi connectivity index (χ2v) is 6.65. The van der Waals surface area contributed by atoms with Crippen molar-refractivity contribution in [2.75, 3.05) is 20.3 Å². The van der Waals surface area contributed by atoms with E-state index in [1.165, 1.54) is 6.26 Å². The van der Waals surface area contributed by atoms with Crippen LogP contribution in [0.2, 0.25) is 0 Å². The number of carbonyl (C=O) groups excluding carboxylic acids is 1. The summed E-state index contributed by atoms with van der Waals surface area (Å²) in [5.41, 5.74) is 1.95. The van der Waals surface area contributed by atoms with Gasteiger partial charge in [-0.15, -0.1) is 12.4 Å². The molecule has 0 radical (unpaired) electrons. The van der Waals surface area contributed by atoms with Crippen molar-refractivity contribution in [1.82, 2.24) is 14.9 Å². The molecule has 0 saturated heterocycles. The minimum absolute atomic E-state index is 0. The van der Waals surface area contributed by atoms with Gasteiger partial charge in [-0.05, 0) is 36.4 Å². The molecule has 162 valence electrons. The van der Waals surface area contributed by atoms with Crippen LogP contribution in [0.1, 0.15) is 16.4 Å². The Balaban J connectivity index is 0.00000272. The molecule has 2 aromatic carbocycles. The van der Waals surface area contributed by atoms with Gasteiger partial charge in [-0.25, -0.2) is 4.98 Å². The molecule has 1 amide bonds. The molecule has 0 spiro atoms. The van der Waals surface area contributed by atoms with Gasteiger partial charge in [0.1, 0.15) is 12.4 Å². The molecule has 2 aromatic heterocycles. The Hall–Kier alpha value is -3.45. The lowest BCUT2D eigenvalue weighted by molar-refractivity contribution is 0.0926. The van der Waals surface area contributed by atoms with Crippen LogP contribution >= 0.6 is 12.4 Å². The first kappa shape index (κ1) is 22.2. The van der Waals surface area contributed by atoms with Gasteiger partial charge in [-0.2, -0.15) is 0 Å². The van der Waals surface area contributed by atoms with Crippen LogP contribution in [0.25, 0.3) is 11.0 Å². The van der Waals surface area contributed by atoms with Gasteiger partial charge in [0.25, 0.3) is 5.91 Å². The third-order valence-corrected chi connectivity index (χ3v) is 4.75. The smallest absolute Gasteiger partial charge is 0.286 e. The lowest BCUT2D eigenvalue weighted by Gasteiger charge is -2.13. The number of fused-ring (bicyclic) bond motifs is 1. The molecule has 0 bridgehead atoms. The SMILES string of the molecule is COc1ccccc1OCCn1c(CCNC(=O)c2ccco2)nc2ccccc21.Cl. The van der Waals surface area contributed by atoms with Crippen molar-refractivity contribution in [3.63, 3.8) is 0 Å². The average Bonchev–Trinajstić information content (AvgIpc) is 3.43. The molecule has 0 atom stereocenters. The van der Waals surface area contributed by atoms with E-state index < -0.39 is 0 Å². The maximum Gasteiger partial charge on any atom is 0.286 e. The van der Waals surface area contributed by atoms with Crippen LogP contribution in [0.15, 0.2) is 71.3 Å². The fourth-order valence-corrected chi connectivity index (χ4v) is 3.33. The molecule has 0 fully saturated rings. The number of imidazole rings is 1. The molecular weight excluding hydrogens is 418 g/mol. The summed E-state index contributed by atoms with van der Waals surface area (Å²) in [6.07, 6.45) is 2.08. The van der Waals surface area contributed by atoms with E-state index in [1.807, 2.05) is 48.5 Å². The number of furan rings is 1. The number of aromatic nitrogens is 2. The van der Waals surface area contributed by atoms with Crippen LogP contribution in [-0.4, -0.2) is 35.7 Å². The number of halogens is 1. The fraction of sp³-hybridized carbons (Fsp3) is 0.217. The maximum absolute atomic E-state index is 12.1. The van der Waals surface area contributed by atoms with Crippen LogP contribution in [0, 0.1) is 0 Å². The standard InChI is InChI=1S/C23H23N3O4.ClH/c1-28-19-9-4-5-10-20(19)30-16-14-26-18-8-3-2-7-17(18)25-22(26)12-13-24-23(27)21-11-6-15-29-21;/h2-11,15H,12-14,16H2,1H3,(H,24,27);1H. The quantitative estimate of drug-likeness (QED) is 0.423. The van der Waals surface area contributed by atoms with Crippen molar-refractivity contribution in [2.24, 2.45) is 0 Å². The van der Waals surface area contributed by atoms with Crippen LogP contribution in [-0.2, 0) is 13.0 Å². The van der Waals surface area contributed by atoms with Crippen molar-refractivity contribution in [1.29, 1.82) is 0 Å². The molecule has 0 unspecified atom stereocenters. The van der Waals surface area contributed by atoms with Crippen LogP contribution in [0.4, 0.5) is 0 Å². The normalized spacial score (nSPS) is 10.5. The van der Waals surface area contributed by atoms with Gasteiger partial charge in [0.15, 0.2) is 17.3 Å². The topological polar surface area (TPSA) is 78.5 Å². The Bertz CT molecular complexity index is 1130. The summed E-state index contributed by atoms with van der Waals surface area (Å²) in [4.78, 5) is 16.8. The minimum Gasteiger partial charge on any atom is -0.493 e. The Labute approximate surface area is 186 Å². The van der Waals surface area contributed by atoms with E-state index in [1.54, 1.807) is 19.2 Å². The highest BCUT2D eigenvalue weighted by molar-refractivity contribution is 5.91. The highest BCUT2D eigenvalue weighted by Gasteiger charge is 2.13. The van der Waals surface area contributed by atoms with Gasteiger partial charge in [0.05, 0.1) is 31.0 Å². The largest absolute Gasteiger partial charge is 0.493 e. The number of nitrogens with zero attached hydrogens (tertiary/aromatic N) is 2. The summed E-state index contributed by atoms with van der Waals surface area (Å²) >= 11 is 0. The predicted molar refractivity (Wildman–Crippen MR) is 120 cm³/mol. The third kappa shape index (κ3) is 5.19. The van der Waals surface area contributed by atoms with Crippen LogP contribution in [0.3, 0.4) is 0 Å². The van der Waals surface area contributed by atoms with E-state index in [4.69, 9.17) is 18.9 Å². The highest BCUT2D eigenvalue weighted by Crippen LogP contribution is 2.26. The zero-order chi connectivity index (χ0) is 20.8. The lowest BCUT2D eigenvalue weighted by atomic mass is 10.3. The number of amides is 1. The molecule has 1 N–H and O–H groups in total. The number of para-hydroxylation sites is 4. The molecule has 0 aliphatic rings. The summed E-state index contributed by atoms with van der Waals surface area (Å²) in [5.74, 6) is 2.36. The van der Waals surface area contributed by atoms with E-state index in [0.717, 1.165) is 16.9 Å². The first-order valence-corrected chi connectivity index (χ1v) is 9.78. The number of ether oxygens (including phenoxy) is 2. The van der Waals surface area contributed by atoms with E-state index in [9.17, 15) is 4.79 Å². The second-order valence-electron chi connectivity index (χ2n) is 6.65. The van der Waals surface area contributed by atoms with Gasteiger partial charge >= 0.3 is 0 Å². The van der Waals surface area contributed by atoms with E-state index in [0.29, 0.717) is 43.4 Å². The molecule has 4 aromatic rings. The van der Waals surface area contributed by atoms with Gasteiger partial charge in [-0.1, -0.05) is 24.3 Å². The number of rotatable bonds is 9. The summed E-state index contributed by atoms with van der Waals surface area (Å²) in [5, 5.41) is 2.87. The monoisotopic (exact) mass is 441 g/mol. The van der Waals surface area contributed by atoms with Crippen molar-refractivity contribution in [2.45, 2.75) is 13.0 Å².